The molecule has 6 nitrogen and oxygen atoms in total. The van der Waals surface area contributed by atoms with Crippen LogP contribution >= 0.6 is 0 Å². The van der Waals surface area contributed by atoms with Gasteiger partial charge < -0.3 is 15.2 Å². The van der Waals surface area contributed by atoms with Crippen LogP contribution in [0.5, 0.6) is 5.75 Å². The standard InChI is InChI=1S/C25H23N3O3/c1-3-31-25(30)18-8-11-20(12-9-18)28-22(19-5-4-14-26-15-19)21-13-10-17-7-6-16(2)27-23(17)24(21)29/h4-15,22,28-29H,3H2,1-2H3. The molecular weight excluding hydrogens is 390 g/mol. The number of pyridine rings is 2. The van der Waals surface area contributed by atoms with Crippen molar-refractivity contribution in [1.82, 2.24) is 9.97 Å². The van der Waals surface area contributed by atoms with E-state index in [1.807, 2.05) is 55.5 Å². The van der Waals surface area contributed by atoms with Crippen molar-refractivity contribution in [3.05, 3.63) is 95.4 Å². The zero-order valence-electron chi connectivity index (χ0n) is 17.4. The lowest BCUT2D eigenvalue weighted by Gasteiger charge is -2.22. The summed E-state index contributed by atoms with van der Waals surface area (Å²) in [5, 5.41) is 15.4. The monoisotopic (exact) mass is 413 g/mol. The lowest BCUT2D eigenvalue weighted by atomic mass is 9.97. The summed E-state index contributed by atoms with van der Waals surface area (Å²) in [5.41, 5.74) is 4.25. The number of carbonyl (C=O) groups excluding carboxylic acids is 1. The highest BCUT2D eigenvalue weighted by Crippen LogP contribution is 2.36. The number of anilines is 1. The van der Waals surface area contributed by atoms with Crippen LogP contribution in [0.4, 0.5) is 5.69 Å². The largest absolute Gasteiger partial charge is 0.505 e. The summed E-state index contributed by atoms with van der Waals surface area (Å²) in [5.74, 6) is -0.225. The van der Waals surface area contributed by atoms with Crippen molar-refractivity contribution in [3.8, 4) is 5.75 Å². The van der Waals surface area contributed by atoms with E-state index in [9.17, 15) is 9.90 Å². The molecule has 2 heterocycles. The lowest BCUT2D eigenvalue weighted by Crippen LogP contribution is -2.13. The van der Waals surface area contributed by atoms with Gasteiger partial charge in [-0.3, -0.25) is 4.98 Å². The van der Waals surface area contributed by atoms with Crippen LogP contribution < -0.4 is 5.32 Å². The number of aryl methyl sites for hydroxylation is 1. The van der Waals surface area contributed by atoms with Crippen LogP contribution in [0.25, 0.3) is 10.9 Å². The fourth-order valence-corrected chi connectivity index (χ4v) is 3.49. The smallest absolute Gasteiger partial charge is 0.338 e. The molecule has 0 saturated carbocycles. The molecule has 4 rings (SSSR count). The number of phenols is 1. The van der Waals surface area contributed by atoms with Crippen LogP contribution in [0.2, 0.25) is 0 Å². The van der Waals surface area contributed by atoms with Crippen LogP contribution in [-0.4, -0.2) is 27.7 Å². The Morgan fingerprint density at radius 3 is 2.58 bits per heavy atom. The van der Waals surface area contributed by atoms with E-state index in [2.05, 4.69) is 15.3 Å². The van der Waals surface area contributed by atoms with Crippen molar-refractivity contribution in [2.24, 2.45) is 0 Å². The molecule has 0 spiro atoms. The van der Waals surface area contributed by atoms with Gasteiger partial charge in [0, 0.05) is 34.7 Å². The van der Waals surface area contributed by atoms with Gasteiger partial charge in [-0.05, 0) is 55.8 Å². The Hall–Kier alpha value is -3.93. The SMILES string of the molecule is CCOC(=O)c1ccc(NC(c2cccnc2)c2ccc3ccc(C)nc3c2O)cc1. The number of esters is 1. The van der Waals surface area contributed by atoms with Gasteiger partial charge in [0.25, 0.3) is 0 Å². The molecule has 2 N–H and O–H groups in total. The topological polar surface area (TPSA) is 84.3 Å². The first kappa shape index (κ1) is 20.3. The Balaban J connectivity index is 1.73. The first-order valence-corrected chi connectivity index (χ1v) is 10.1. The molecule has 1 atom stereocenters. The summed E-state index contributed by atoms with van der Waals surface area (Å²) in [6.45, 7) is 4.00. The van der Waals surface area contributed by atoms with Crippen molar-refractivity contribution in [3.63, 3.8) is 0 Å². The van der Waals surface area contributed by atoms with Crippen LogP contribution in [0.3, 0.4) is 0 Å². The van der Waals surface area contributed by atoms with Crippen LogP contribution in [0.1, 0.15) is 40.1 Å². The molecule has 0 fully saturated rings. The fraction of sp³-hybridized carbons (Fsp3) is 0.160. The minimum absolute atomic E-state index is 0.130. The molecule has 0 radical (unpaired) electrons. The van der Waals surface area contributed by atoms with E-state index < -0.39 is 0 Å². The average Bonchev–Trinajstić information content (AvgIpc) is 2.80. The minimum Gasteiger partial charge on any atom is -0.505 e. The number of nitrogens with one attached hydrogen (secondary N) is 1. The molecule has 156 valence electrons. The molecule has 1 unspecified atom stereocenters. The van der Waals surface area contributed by atoms with E-state index in [0.717, 1.165) is 22.3 Å². The third-order valence-corrected chi connectivity index (χ3v) is 5.04. The van der Waals surface area contributed by atoms with Crippen LogP contribution in [0.15, 0.2) is 73.1 Å². The Morgan fingerprint density at radius 1 is 1.10 bits per heavy atom. The molecule has 0 amide bonds. The third-order valence-electron chi connectivity index (χ3n) is 5.04. The number of hydrogen-bond donors (Lipinski definition) is 2. The van der Waals surface area contributed by atoms with Gasteiger partial charge in [-0.15, -0.1) is 0 Å². The maximum atomic E-state index is 11.9. The number of aromatic hydroxyl groups is 1. The lowest BCUT2D eigenvalue weighted by molar-refractivity contribution is 0.0526. The number of aromatic nitrogens is 2. The van der Waals surface area contributed by atoms with Gasteiger partial charge in [0.1, 0.15) is 11.3 Å². The van der Waals surface area contributed by atoms with Crippen LogP contribution in [-0.2, 0) is 4.74 Å². The summed E-state index contributed by atoms with van der Waals surface area (Å²) in [6, 6.07) is 18.2. The predicted molar refractivity (Wildman–Crippen MR) is 120 cm³/mol. The van der Waals surface area contributed by atoms with Gasteiger partial charge in [0.2, 0.25) is 0 Å². The zero-order valence-corrected chi connectivity index (χ0v) is 17.4. The molecule has 6 heteroatoms. The maximum absolute atomic E-state index is 11.9. The Bertz CT molecular complexity index is 1210. The van der Waals surface area contributed by atoms with Gasteiger partial charge in [0.05, 0.1) is 18.2 Å². The van der Waals surface area contributed by atoms with E-state index in [4.69, 9.17) is 4.74 Å². The number of hydrogen-bond acceptors (Lipinski definition) is 6. The van der Waals surface area contributed by atoms with Crippen molar-refractivity contribution in [1.29, 1.82) is 0 Å². The van der Waals surface area contributed by atoms with Crippen LogP contribution in [0, 0.1) is 6.92 Å². The molecule has 2 aromatic carbocycles. The van der Waals surface area contributed by atoms with E-state index in [-0.39, 0.29) is 17.8 Å². The van der Waals surface area contributed by atoms with E-state index in [1.54, 1.807) is 31.5 Å². The number of ether oxygens (including phenoxy) is 1. The highest BCUT2D eigenvalue weighted by molar-refractivity contribution is 5.90. The van der Waals surface area contributed by atoms with Crippen molar-refractivity contribution >= 4 is 22.6 Å². The third kappa shape index (κ3) is 4.33. The fourth-order valence-electron chi connectivity index (χ4n) is 3.49. The number of fused-ring (bicyclic) bond motifs is 1. The van der Waals surface area contributed by atoms with E-state index in [0.29, 0.717) is 23.3 Å². The number of carbonyl (C=O) groups is 1. The zero-order chi connectivity index (χ0) is 21.8. The molecule has 0 saturated heterocycles. The average molecular weight is 413 g/mol. The summed E-state index contributed by atoms with van der Waals surface area (Å²) < 4.78 is 5.05. The Morgan fingerprint density at radius 2 is 1.87 bits per heavy atom. The molecule has 0 aliphatic rings. The summed E-state index contributed by atoms with van der Waals surface area (Å²) in [4.78, 5) is 20.7. The number of nitrogens with zero attached hydrogens (tertiary/aromatic N) is 2. The second-order valence-corrected chi connectivity index (χ2v) is 7.19. The first-order chi connectivity index (χ1) is 15.1. The van der Waals surface area contributed by atoms with Crippen molar-refractivity contribution < 1.29 is 14.6 Å². The summed E-state index contributed by atoms with van der Waals surface area (Å²) in [7, 11) is 0. The predicted octanol–water partition coefficient (Wildman–Crippen LogP) is 5.02. The van der Waals surface area contributed by atoms with Crippen molar-refractivity contribution in [2.45, 2.75) is 19.9 Å². The normalized spacial score (nSPS) is 11.8. The molecule has 2 aromatic heterocycles. The molecule has 0 aliphatic carbocycles. The number of benzene rings is 2. The minimum atomic E-state index is -0.367. The Labute approximate surface area is 180 Å². The second kappa shape index (κ2) is 8.83. The first-order valence-electron chi connectivity index (χ1n) is 10.1. The molecule has 4 aromatic rings. The van der Waals surface area contributed by atoms with Gasteiger partial charge >= 0.3 is 5.97 Å². The van der Waals surface area contributed by atoms with Gasteiger partial charge in [-0.25, -0.2) is 9.78 Å². The quantitative estimate of drug-likeness (QED) is 0.432. The van der Waals surface area contributed by atoms with Gasteiger partial charge in [-0.1, -0.05) is 24.3 Å². The maximum Gasteiger partial charge on any atom is 0.338 e. The molecule has 0 bridgehead atoms. The van der Waals surface area contributed by atoms with E-state index in [1.165, 1.54) is 0 Å². The van der Waals surface area contributed by atoms with Gasteiger partial charge in [-0.2, -0.15) is 0 Å². The summed E-state index contributed by atoms with van der Waals surface area (Å²) >= 11 is 0. The molecule has 0 aliphatic heterocycles. The highest BCUT2D eigenvalue weighted by atomic mass is 16.5. The van der Waals surface area contributed by atoms with E-state index >= 15 is 0 Å². The Kier molecular flexibility index (Phi) is 5.80. The summed E-state index contributed by atoms with van der Waals surface area (Å²) in [6.07, 6.45) is 3.47. The number of phenolic OH excluding ortho intramolecular Hbond substituents is 1. The highest BCUT2D eigenvalue weighted by Gasteiger charge is 2.20. The van der Waals surface area contributed by atoms with Gasteiger partial charge in [0.15, 0.2) is 0 Å². The molecular formula is C25H23N3O3. The molecule has 31 heavy (non-hydrogen) atoms. The number of rotatable bonds is 6. The second-order valence-electron chi connectivity index (χ2n) is 7.19. The van der Waals surface area contributed by atoms with Crippen molar-refractivity contribution in [2.75, 3.05) is 11.9 Å².